The number of carbonyl (C=O) groups is 1. The van der Waals surface area contributed by atoms with Crippen molar-refractivity contribution in [2.75, 3.05) is 20.8 Å². The van der Waals surface area contributed by atoms with E-state index in [1.807, 2.05) is 12.1 Å². The summed E-state index contributed by atoms with van der Waals surface area (Å²) in [6, 6.07) is 11.4. The van der Waals surface area contributed by atoms with E-state index in [-0.39, 0.29) is 17.9 Å². The highest BCUT2D eigenvalue weighted by Gasteiger charge is 2.33. The molecule has 4 rings (SSSR count). The molecule has 0 saturated carbocycles. The molecule has 0 bridgehead atoms. The first-order valence-corrected chi connectivity index (χ1v) is 11.4. The summed E-state index contributed by atoms with van der Waals surface area (Å²) in [6.45, 7) is 3.68. The van der Waals surface area contributed by atoms with Crippen molar-refractivity contribution in [3.05, 3.63) is 84.5 Å². The molecule has 1 aliphatic rings. The standard InChI is InChI=1S/C25H24N2O6S/c1-5-33-24(30)21-14(2)26-25-27(22(21)16-7-9-17(31-3)10-8-16)23(29)20(34-25)13-15-6-11-18(28)19(12-15)32-4/h6-13,22,28H,5H2,1-4H3/b20-13+/t22-/m1/s1. The molecule has 1 atom stereocenters. The maximum atomic E-state index is 13.6. The number of rotatable bonds is 6. The van der Waals surface area contributed by atoms with Crippen LogP contribution >= 0.6 is 11.3 Å². The van der Waals surface area contributed by atoms with Crippen LogP contribution in [0.25, 0.3) is 6.08 Å². The Morgan fingerprint density at radius 1 is 1.18 bits per heavy atom. The molecule has 2 aromatic carbocycles. The smallest absolute Gasteiger partial charge is 0.338 e. The molecule has 9 heteroatoms. The van der Waals surface area contributed by atoms with E-state index < -0.39 is 12.0 Å². The van der Waals surface area contributed by atoms with E-state index in [4.69, 9.17) is 14.2 Å². The van der Waals surface area contributed by atoms with Crippen molar-refractivity contribution in [2.45, 2.75) is 19.9 Å². The van der Waals surface area contributed by atoms with E-state index in [0.717, 1.165) is 5.56 Å². The zero-order valence-electron chi connectivity index (χ0n) is 19.2. The molecule has 0 saturated heterocycles. The van der Waals surface area contributed by atoms with Crippen molar-refractivity contribution >= 4 is 23.4 Å². The summed E-state index contributed by atoms with van der Waals surface area (Å²) in [4.78, 5) is 31.5. The summed E-state index contributed by atoms with van der Waals surface area (Å²) >= 11 is 1.23. The Hall–Kier alpha value is -3.85. The first-order chi connectivity index (χ1) is 16.4. The number of phenols is 1. The molecule has 0 amide bonds. The minimum atomic E-state index is -0.697. The number of hydrogen-bond acceptors (Lipinski definition) is 8. The van der Waals surface area contributed by atoms with E-state index in [1.165, 1.54) is 29.1 Å². The molecule has 0 fully saturated rings. The zero-order valence-corrected chi connectivity index (χ0v) is 20.0. The van der Waals surface area contributed by atoms with Gasteiger partial charge in [-0.3, -0.25) is 9.36 Å². The lowest BCUT2D eigenvalue weighted by atomic mass is 9.96. The molecule has 1 N–H and O–H groups in total. The van der Waals surface area contributed by atoms with Crippen molar-refractivity contribution in [2.24, 2.45) is 4.99 Å². The van der Waals surface area contributed by atoms with Crippen LogP contribution in [0.15, 0.2) is 63.5 Å². The average Bonchev–Trinajstić information content (AvgIpc) is 3.13. The Kier molecular flexibility index (Phi) is 6.56. The van der Waals surface area contributed by atoms with Crippen LogP contribution < -0.4 is 24.4 Å². The Morgan fingerprint density at radius 2 is 1.91 bits per heavy atom. The van der Waals surface area contributed by atoms with Crippen molar-refractivity contribution in [3.63, 3.8) is 0 Å². The summed E-state index contributed by atoms with van der Waals surface area (Å²) in [7, 11) is 3.03. The summed E-state index contributed by atoms with van der Waals surface area (Å²) in [5, 5.41) is 9.87. The lowest BCUT2D eigenvalue weighted by molar-refractivity contribution is -0.139. The van der Waals surface area contributed by atoms with Crippen LogP contribution in [0.1, 0.15) is 31.0 Å². The number of thiazole rings is 1. The van der Waals surface area contributed by atoms with Crippen molar-refractivity contribution in [3.8, 4) is 17.2 Å². The molecule has 176 valence electrons. The predicted octanol–water partition coefficient (Wildman–Crippen LogP) is 2.52. The third-order valence-electron chi connectivity index (χ3n) is 5.45. The van der Waals surface area contributed by atoms with Gasteiger partial charge in [0.15, 0.2) is 16.3 Å². The van der Waals surface area contributed by atoms with E-state index in [1.54, 1.807) is 51.3 Å². The van der Waals surface area contributed by atoms with Gasteiger partial charge in [0.1, 0.15) is 5.75 Å². The number of aromatic nitrogens is 1. The number of nitrogens with zero attached hydrogens (tertiary/aromatic N) is 2. The van der Waals surface area contributed by atoms with Gasteiger partial charge in [0.05, 0.1) is 42.7 Å². The molecular weight excluding hydrogens is 456 g/mol. The van der Waals surface area contributed by atoms with Gasteiger partial charge in [-0.05, 0) is 55.3 Å². The fourth-order valence-corrected chi connectivity index (χ4v) is 4.88. The largest absolute Gasteiger partial charge is 0.504 e. The second kappa shape index (κ2) is 9.56. The van der Waals surface area contributed by atoms with Crippen LogP contribution in [0.4, 0.5) is 0 Å². The number of methoxy groups -OCH3 is 2. The molecule has 34 heavy (non-hydrogen) atoms. The first-order valence-electron chi connectivity index (χ1n) is 10.6. The minimum Gasteiger partial charge on any atom is -0.504 e. The molecular formula is C25H24N2O6S. The first kappa shape index (κ1) is 23.3. The molecule has 2 heterocycles. The number of benzene rings is 2. The third-order valence-corrected chi connectivity index (χ3v) is 6.43. The summed E-state index contributed by atoms with van der Waals surface area (Å²) in [6.07, 6.45) is 1.71. The normalized spacial score (nSPS) is 15.5. The third kappa shape index (κ3) is 4.22. The van der Waals surface area contributed by atoms with Crippen molar-refractivity contribution < 1.29 is 24.1 Å². The summed E-state index contributed by atoms with van der Waals surface area (Å²) in [5.41, 5.74) is 1.95. The van der Waals surface area contributed by atoms with Crippen LogP contribution in [0, 0.1) is 0 Å². The van der Waals surface area contributed by atoms with Gasteiger partial charge in [0, 0.05) is 0 Å². The number of esters is 1. The fraction of sp³-hybridized carbons (Fsp3) is 0.240. The van der Waals surface area contributed by atoms with Gasteiger partial charge < -0.3 is 19.3 Å². The minimum absolute atomic E-state index is 0.00955. The molecule has 1 aromatic heterocycles. The highest BCUT2D eigenvalue weighted by atomic mass is 32.1. The highest BCUT2D eigenvalue weighted by molar-refractivity contribution is 7.07. The van der Waals surface area contributed by atoms with E-state index in [0.29, 0.717) is 37.7 Å². The Bertz CT molecular complexity index is 1450. The number of allylic oxidation sites excluding steroid dienone is 1. The maximum Gasteiger partial charge on any atom is 0.338 e. The predicted molar refractivity (Wildman–Crippen MR) is 128 cm³/mol. The monoisotopic (exact) mass is 480 g/mol. The van der Waals surface area contributed by atoms with Gasteiger partial charge in [-0.1, -0.05) is 29.5 Å². The van der Waals surface area contributed by atoms with Gasteiger partial charge in [-0.15, -0.1) is 0 Å². The SMILES string of the molecule is CCOC(=O)C1=C(C)N=c2s/c(=C/c3ccc(O)c(OC)c3)c(=O)n2[C@@H]1c1ccc(OC)cc1. The Balaban J connectivity index is 1.93. The van der Waals surface area contributed by atoms with Crippen LogP contribution in [0.2, 0.25) is 0 Å². The van der Waals surface area contributed by atoms with Crippen molar-refractivity contribution in [1.29, 1.82) is 0 Å². The molecule has 0 unspecified atom stereocenters. The van der Waals surface area contributed by atoms with Gasteiger partial charge in [0.2, 0.25) is 0 Å². The number of fused-ring (bicyclic) bond motifs is 1. The van der Waals surface area contributed by atoms with E-state index >= 15 is 0 Å². The van der Waals surface area contributed by atoms with Crippen LogP contribution in [0.5, 0.6) is 17.2 Å². The topological polar surface area (TPSA) is 99.4 Å². The number of ether oxygens (including phenoxy) is 3. The highest BCUT2D eigenvalue weighted by Crippen LogP contribution is 2.31. The average molecular weight is 481 g/mol. The Labute approximate surface area is 199 Å². The molecule has 0 spiro atoms. The quantitative estimate of drug-likeness (QED) is 0.545. The Morgan fingerprint density at radius 3 is 2.56 bits per heavy atom. The van der Waals surface area contributed by atoms with E-state index in [2.05, 4.69) is 4.99 Å². The molecule has 3 aromatic rings. The van der Waals surface area contributed by atoms with Crippen LogP contribution in [0.3, 0.4) is 0 Å². The number of carbonyl (C=O) groups excluding carboxylic acids is 1. The zero-order chi connectivity index (χ0) is 24.4. The van der Waals surface area contributed by atoms with Crippen molar-refractivity contribution in [1.82, 2.24) is 4.57 Å². The number of hydrogen-bond donors (Lipinski definition) is 1. The van der Waals surface area contributed by atoms with E-state index in [9.17, 15) is 14.7 Å². The second-order valence-electron chi connectivity index (χ2n) is 7.51. The molecule has 0 radical (unpaired) electrons. The lowest BCUT2D eigenvalue weighted by Gasteiger charge is -2.24. The maximum absolute atomic E-state index is 13.6. The number of phenolic OH excluding ortho intramolecular Hbond substituents is 1. The van der Waals surface area contributed by atoms with Gasteiger partial charge in [0.25, 0.3) is 5.56 Å². The van der Waals surface area contributed by atoms with Gasteiger partial charge in [-0.2, -0.15) is 0 Å². The summed E-state index contributed by atoms with van der Waals surface area (Å²) < 4.78 is 17.7. The molecule has 8 nitrogen and oxygen atoms in total. The molecule has 1 aliphatic heterocycles. The van der Waals surface area contributed by atoms with Gasteiger partial charge in [-0.25, -0.2) is 9.79 Å². The lowest BCUT2D eigenvalue weighted by Crippen LogP contribution is -2.39. The van der Waals surface area contributed by atoms with Crippen LogP contribution in [-0.4, -0.2) is 36.5 Å². The second-order valence-corrected chi connectivity index (χ2v) is 8.52. The fourth-order valence-electron chi connectivity index (χ4n) is 3.83. The summed E-state index contributed by atoms with van der Waals surface area (Å²) in [5.74, 6) is 0.464. The van der Waals surface area contributed by atoms with Crippen LogP contribution in [-0.2, 0) is 9.53 Å². The van der Waals surface area contributed by atoms with Gasteiger partial charge >= 0.3 is 5.97 Å². The molecule has 0 aliphatic carbocycles. The number of aromatic hydroxyl groups is 1.